The standard InChI is InChI=1S/C24H28F3N5O7S/c1-15-20(22(33)31-40(34,35)13-3-12-36-2)29-23(37-15)32(14-19-28-21(30-39-19)17-6-7-17)11-10-16-4-8-18(9-5-16)38-24(25,26)27/h4-5,8-9,17H,3,6-7,10-14H2,1-2H3,(H,31,33). The third-order valence-corrected chi connectivity index (χ3v) is 7.18. The topological polar surface area (TPSA) is 150 Å². The number of sulfonamides is 1. The van der Waals surface area contributed by atoms with Crippen LogP contribution in [-0.2, 0) is 27.7 Å². The number of anilines is 1. The van der Waals surface area contributed by atoms with Crippen molar-refractivity contribution in [1.29, 1.82) is 0 Å². The molecule has 0 radical (unpaired) electrons. The van der Waals surface area contributed by atoms with Crippen molar-refractivity contribution in [1.82, 2.24) is 19.8 Å². The molecule has 1 aliphatic rings. The van der Waals surface area contributed by atoms with Gasteiger partial charge >= 0.3 is 6.36 Å². The number of benzene rings is 1. The summed E-state index contributed by atoms with van der Waals surface area (Å²) in [6.45, 7) is 1.98. The molecule has 1 aromatic carbocycles. The van der Waals surface area contributed by atoms with Crippen LogP contribution in [0.2, 0.25) is 0 Å². The first-order valence-corrected chi connectivity index (χ1v) is 14.0. The summed E-state index contributed by atoms with van der Waals surface area (Å²) in [6, 6.07) is 5.40. The number of aryl methyl sites for hydroxylation is 1. The molecule has 2 aromatic heterocycles. The summed E-state index contributed by atoms with van der Waals surface area (Å²) < 4.78 is 83.7. The van der Waals surface area contributed by atoms with Gasteiger partial charge < -0.3 is 23.3 Å². The van der Waals surface area contributed by atoms with Crippen LogP contribution >= 0.6 is 0 Å². The number of rotatable bonds is 14. The van der Waals surface area contributed by atoms with E-state index in [4.69, 9.17) is 13.7 Å². The van der Waals surface area contributed by atoms with Crippen molar-refractivity contribution in [2.75, 3.05) is 30.9 Å². The number of ether oxygens (including phenoxy) is 2. The van der Waals surface area contributed by atoms with Gasteiger partial charge in [0.2, 0.25) is 15.9 Å². The summed E-state index contributed by atoms with van der Waals surface area (Å²) in [5.74, 6) is -0.385. The lowest BCUT2D eigenvalue weighted by Gasteiger charge is -2.18. The van der Waals surface area contributed by atoms with E-state index in [2.05, 4.69) is 19.9 Å². The minimum atomic E-state index is -4.79. The average molecular weight is 588 g/mol. The van der Waals surface area contributed by atoms with Gasteiger partial charge in [0.05, 0.1) is 5.75 Å². The maximum absolute atomic E-state index is 12.7. The van der Waals surface area contributed by atoms with Crippen LogP contribution in [0.5, 0.6) is 5.75 Å². The first-order valence-electron chi connectivity index (χ1n) is 12.4. The highest BCUT2D eigenvalue weighted by Crippen LogP contribution is 2.38. The molecule has 1 N–H and O–H groups in total. The van der Waals surface area contributed by atoms with Gasteiger partial charge in [-0.1, -0.05) is 17.3 Å². The van der Waals surface area contributed by atoms with Crippen LogP contribution in [0.15, 0.2) is 33.2 Å². The summed E-state index contributed by atoms with van der Waals surface area (Å²) >= 11 is 0. The van der Waals surface area contributed by atoms with Crippen molar-refractivity contribution >= 4 is 21.9 Å². The summed E-state index contributed by atoms with van der Waals surface area (Å²) in [4.78, 5) is 23.0. The van der Waals surface area contributed by atoms with Crippen LogP contribution in [0, 0.1) is 6.92 Å². The lowest BCUT2D eigenvalue weighted by atomic mass is 10.1. The van der Waals surface area contributed by atoms with Crippen molar-refractivity contribution in [3.8, 4) is 5.75 Å². The van der Waals surface area contributed by atoms with Gasteiger partial charge in [0, 0.05) is 26.2 Å². The first-order chi connectivity index (χ1) is 18.9. The number of carbonyl (C=O) groups is 1. The van der Waals surface area contributed by atoms with E-state index in [0.29, 0.717) is 17.8 Å². The van der Waals surface area contributed by atoms with Gasteiger partial charge in [-0.3, -0.25) is 4.79 Å². The van der Waals surface area contributed by atoms with E-state index in [-0.39, 0.29) is 66.9 Å². The molecule has 12 nitrogen and oxygen atoms in total. The fraction of sp³-hybridized carbons (Fsp3) is 0.500. The molecule has 40 heavy (non-hydrogen) atoms. The molecule has 0 saturated heterocycles. The Labute approximate surface area is 227 Å². The fourth-order valence-corrected chi connectivity index (χ4v) is 4.71. The largest absolute Gasteiger partial charge is 0.573 e. The Bertz CT molecular complexity index is 1400. The summed E-state index contributed by atoms with van der Waals surface area (Å²) in [6.07, 6.45) is -2.30. The molecule has 3 aromatic rings. The van der Waals surface area contributed by atoms with Gasteiger partial charge in [-0.05, 0) is 50.3 Å². The SMILES string of the molecule is COCCCS(=O)(=O)NC(=O)c1nc(N(CCc2ccc(OC(F)(F)F)cc2)Cc2nc(C3CC3)no2)oc1C. The first kappa shape index (κ1) is 29.3. The number of oxazole rings is 1. The highest BCUT2D eigenvalue weighted by atomic mass is 32.2. The number of nitrogens with one attached hydrogen (secondary N) is 1. The molecule has 0 aliphatic heterocycles. The number of carbonyl (C=O) groups excluding carboxylic acids is 1. The number of aromatic nitrogens is 3. The highest BCUT2D eigenvalue weighted by Gasteiger charge is 2.31. The summed E-state index contributed by atoms with van der Waals surface area (Å²) in [7, 11) is -2.49. The molecule has 0 bridgehead atoms. The number of nitrogens with zero attached hydrogens (tertiary/aromatic N) is 4. The maximum atomic E-state index is 12.7. The Morgan fingerprint density at radius 2 is 1.93 bits per heavy atom. The molecular weight excluding hydrogens is 559 g/mol. The molecular formula is C24H28F3N5O7S. The number of amides is 1. The third kappa shape index (κ3) is 8.42. The van der Waals surface area contributed by atoms with Crippen molar-refractivity contribution in [3.63, 3.8) is 0 Å². The van der Waals surface area contributed by atoms with Gasteiger partial charge in [0.15, 0.2) is 11.5 Å². The van der Waals surface area contributed by atoms with Gasteiger partial charge in [-0.25, -0.2) is 13.1 Å². The summed E-state index contributed by atoms with van der Waals surface area (Å²) in [5.41, 5.74) is 0.472. The molecule has 1 saturated carbocycles. The molecule has 218 valence electrons. The normalized spacial score (nSPS) is 13.8. The molecule has 4 rings (SSSR count). The van der Waals surface area contributed by atoms with Crippen molar-refractivity contribution in [3.05, 3.63) is 53.0 Å². The lowest BCUT2D eigenvalue weighted by molar-refractivity contribution is -0.274. The zero-order valence-corrected chi connectivity index (χ0v) is 22.5. The van der Waals surface area contributed by atoms with Crippen LogP contribution in [0.25, 0.3) is 0 Å². The zero-order valence-electron chi connectivity index (χ0n) is 21.7. The predicted molar refractivity (Wildman–Crippen MR) is 133 cm³/mol. The second kappa shape index (κ2) is 12.2. The molecule has 1 aliphatic carbocycles. The van der Waals surface area contributed by atoms with Gasteiger partial charge in [-0.15, -0.1) is 13.2 Å². The van der Waals surface area contributed by atoms with E-state index in [0.717, 1.165) is 12.8 Å². The van der Waals surface area contributed by atoms with Gasteiger partial charge in [0.25, 0.3) is 11.9 Å². The number of alkyl halides is 3. The summed E-state index contributed by atoms with van der Waals surface area (Å²) in [5, 5.41) is 3.99. The average Bonchev–Trinajstić information content (AvgIpc) is 3.49. The lowest BCUT2D eigenvalue weighted by Crippen LogP contribution is -2.33. The minimum absolute atomic E-state index is 0.00243. The number of methoxy groups -OCH3 is 1. The second-order valence-corrected chi connectivity index (χ2v) is 11.0. The van der Waals surface area contributed by atoms with E-state index in [1.165, 1.54) is 38.3 Å². The number of hydrogen-bond donors (Lipinski definition) is 1. The van der Waals surface area contributed by atoms with Gasteiger partial charge in [-0.2, -0.15) is 9.97 Å². The maximum Gasteiger partial charge on any atom is 0.573 e. The van der Waals surface area contributed by atoms with Crippen LogP contribution < -0.4 is 14.4 Å². The minimum Gasteiger partial charge on any atom is -0.428 e. The van der Waals surface area contributed by atoms with E-state index in [9.17, 15) is 26.4 Å². The molecule has 16 heteroatoms. The quantitative estimate of drug-likeness (QED) is 0.276. The highest BCUT2D eigenvalue weighted by molar-refractivity contribution is 7.90. The molecule has 0 spiro atoms. The Morgan fingerprint density at radius 1 is 1.20 bits per heavy atom. The van der Waals surface area contributed by atoms with Crippen LogP contribution in [0.4, 0.5) is 19.2 Å². The molecule has 2 heterocycles. The number of hydrogen-bond acceptors (Lipinski definition) is 11. The Kier molecular flexibility index (Phi) is 8.98. The second-order valence-electron chi connectivity index (χ2n) is 9.18. The monoisotopic (exact) mass is 587 g/mol. The van der Waals surface area contributed by atoms with Crippen LogP contribution in [0.1, 0.15) is 58.7 Å². The smallest absolute Gasteiger partial charge is 0.428 e. The van der Waals surface area contributed by atoms with Crippen molar-refractivity contribution in [2.24, 2.45) is 0 Å². The zero-order chi connectivity index (χ0) is 28.9. The Hall–Kier alpha value is -3.66. The molecule has 1 amide bonds. The van der Waals surface area contributed by atoms with Crippen molar-refractivity contribution < 1.29 is 44.8 Å². The Balaban J connectivity index is 1.49. The van der Waals surface area contributed by atoms with E-state index < -0.39 is 22.3 Å². The molecule has 0 unspecified atom stereocenters. The fourth-order valence-electron chi connectivity index (χ4n) is 3.73. The van der Waals surface area contributed by atoms with E-state index in [1.54, 1.807) is 4.90 Å². The Morgan fingerprint density at radius 3 is 2.58 bits per heavy atom. The van der Waals surface area contributed by atoms with E-state index in [1.807, 2.05) is 4.72 Å². The van der Waals surface area contributed by atoms with Crippen molar-refractivity contribution in [2.45, 2.75) is 51.4 Å². The van der Waals surface area contributed by atoms with E-state index >= 15 is 0 Å². The van der Waals surface area contributed by atoms with Gasteiger partial charge in [0.1, 0.15) is 18.1 Å². The predicted octanol–water partition coefficient (Wildman–Crippen LogP) is 3.49. The number of halogens is 3. The molecule has 1 fully saturated rings. The molecule has 0 atom stereocenters. The van der Waals surface area contributed by atoms with Crippen LogP contribution in [0.3, 0.4) is 0 Å². The third-order valence-electron chi connectivity index (χ3n) is 5.86. The van der Waals surface area contributed by atoms with Crippen LogP contribution in [-0.4, -0.2) is 61.8 Å².